The molecule has 1 aromatic heterocycles. The molecule has 0 aliphatic carbocycles. The van der Waals surface area contributed by atoms with E-state index in [1.54, 1.807) is 37.9 Å². The maximum atomic E-state index is 11.7. The average Bonchev–Trinajstić information content (AvgIpc) is 2.73. The first-order chi connectivity index (χ1) is 9.21. The normalized spacial score (nSPS) is 12.8. The van der Waals surface area contributed by atoms with E-state index in [1.807, 2.05) is 6.92 Å². The maximum absolute atomic E-state index is 11.7. The van der Waals surface area contributed by atoms with Gasteiger partial charge < -0.3 is 19.7 Å². The van der Waals surface area contributed by atoms with Gasteiger partial charge in [-0.1, -0.05) is 0 Å². The third kappa shape index (κ3) is 5.29. The van der Waals surface area contributed by atoms with E-state index in [2.05, 4.69) is 10.3 Å². The Balaban J connectivity index is 2.79. The molecule has 7 nitrogen and oxygen atoms in total. The van der Waals surface area contributed by atoms with Gasteiger partial charge in [-0.25, -0.2) is 9.78 Å². The molecule has 112 valence electrons. The number of nitrogens with zero attached hydrogens (tertiary/aromatic N) is 2. The first-order valence-electron chi connectivity index (χ1n) is 6.44. The lowest BCUT2D eigenvalue weighted by atomic mass is 10.1. The summed E-state index contributed by atoms with van der Waals surface area (Å²) in [4.78, 5) is 26.8. The molecule has 0 aliphatic heterocycles. The summed E-state index contributed by atoms with van der Waals surface area (Å²) in [5, 5.41) is 11.5. The first-order valence-corrected chi connectivity index (χ1v) is 6.44. The molecule has 20 heavy (non-hydrogen) atoms. The highest BCUT2D eigenvalue weighted by molar-refractivity contribution is 5.71. The van der Waals surface area contributed by atoms with E-state index in [0.717, 1.165) is 6.54 Å². The Morgan fingerprint density at radius 1 is 1.50 bits per heavy atom. The minimum atomic E-state index is -1.02. The number of ether oxygens (including phenoxy) is 1. The predicted molar refractivity (Wildman–Crippen MR) is 72.3 cm³/mol. The molecule has 0 spiro atoms. The van der Waals surface area contributed by atoms with Gasteiger partial charge in [0.15, 0.2) is 0 Å². The molecule has 0 aromatic carbocycles. The van der Waals surface area contributed by atoms with E-state index in [1.165, 1.54) is 0 Å². The van der Waals surface area contributed by atoms with E-state index < -0.39 is 23.7 Å². The second-order valence-electron chi connectivity index (χ2n) is 5.43. The molecule has 1 heterocycles. The van der Waals surface area contributed by atoms with Crippen LogP contribution in [-0.2, 0) is 16.1 Å². The number of amides is 1. The van der Waals surface area contributed by atoms with Crippen molar-refractivity contribution in [1.29, 1.82) is 0 Å². The number of carboxylic acid groups (broad SMARTS) is 1. The highest BCUT2D eigenvalue weighted by Gasteiger charge is 2.23. The minimum absolute atomic E-state index is 0.250. The molecular formula is C13H21N3O4. The van der Waals surface area contributed by atoms with Gasteiger partial charge in [-0.15, -0.1) is 0 Å². The number of carbonyl (C=O) groups excluding carboxylic acids is 1. The Morgan fingerprint density at radius 3 is 2.60 bits per heavy atom. The van der Waals surface area contributed by atoms with Crippen LogP contribution in [0.25, 0.3) is 0 Å². The molecule has 7 heteroatoms. The van der Waals surface area contributed by atoms with Crippen LogP contribution in [0, 0.1) is 0 Å². The quantitative estimate of drug-likeness (QED) is 0.861. The van der Waals surface area contributed by atoms with Gasteiger partial charge in [-0.05, 0) is 27.7 Å². The van der Waals surface area contributed by atoms with Crippen LogP contribution in [0.15, 0.2) is 12.5 Å². The molecule has 1 amide bonds. The van der Waals surface area contributed by atoms with Crippen molar-refractivity contribution in [1.82, 2.24) is 14.9 Å². The number of carbonyl (C=O) groups is 2. The summed E-state index contributed by atoms with van der Waals surface area (Å²) in [6.45, 7) is 7.89. The number of hydrogen-bond donors (Lipinski definition) is 2. The van der Waals surface area contributed by atoms with Gasteiger partial charge in [-0.3, -0.25) is 4.79 Å². The Bertz CT molecular complexity index is 476. The number of nitrogens with one attached hydrogen (secondary N) is 1. The molecule has 0 radical (unpaired) electrons. The molecule has 0 bridgehead atoms. The van der Waals surface area contributed by atoms with E-state index in [-0.39, 0.29) is 6.42 Å². The number of alkyl carbamates (subject to hydrolysis) is 1. The maximum Gasteiger partial charge on any atom is 0.408 e. The number of carboxylic acids is 1. The largest absolute Gasteiger partial charge is 0.481 e. The van der Waals surface area contributed by atoms with Crippen molar-refractivity contribution < 1.29 is 19.4 Å². The van der Waals surface area contributed by atoms with Crippen LogP contribution in [0.4, 0.5) is 4.79 Å². The molecule has 0 saturated heterocycles. The lowest BCUT2D eigenvalue weighted by Gasteiger charge is -2.22. The van der Waals surface area contributed by atoms with Crippen LogP contribution in [0.5, 0.6) is 0 Å². The summed E-state index contributed by atoms with van der Waals surface area (Å²) in [5.74, 6) is -1.02. The number of aryl methyl sites for hydroxylation is 1. The van der Waals surface area contributed by atoms with E-state index in [9.17, 15) is 9.59 Å². The van der Waals surface area contributed by atoms with Gasteiger partial charge in [0, 0.05) is 12.7 Å². The van der Waals surface area contributed by atoms with Crippen LogP contribution in [0.1, 0.15) is 45.9 Å². The van der Waals surface area contributed by atoms with Crippen LogP contribution >= 0.6 is 0 Å². The summed E-state index contributed by atoms with van der Waals surface area (Å²) in [6, 6.07) is -0.713. The molecule has 0 saturated carbocycles. The van der Waals surface area contributed by atoms with Gasteiger partial charge >= 0.3 is 12.1 Å². The zero-order valence-corrected chi connectivity index (χ0v) is 12.2. The first kappa shape index (κ1) is 16.0. The summed E-state index contributed by atoms with van der Waals surface area (Å²) < 4.78 is 6.93. The van der Waals surface area contributed by atoms with Crippen molar-refractivity contribution in [2.24, 2.45) is 0 Å². The fourth-order valence-electron chi connectivity index (χ4n) is 1.58. The summed E-state index contributed by atoms with van der Waals surface area (Å²) >= 11 is 0. The Labute approximate surface area is 118 Å². The predicted octanol–water partition coefficient (Wildman–Crippen LogP) is 1.94. The number of hydrogen-bond acceptors (Lipinski definition) is 4. The van der Waals surface area contributed by atoms with Crippen LogP contribution < -0.4 is 5.32 Å². The van der Waals surface area contributed by atoms with Gasteiger partial charge in [0.25, 0.3) is 0 Å². The third-order valence-corrected chi connectivity index (χ3v) is 2.45. The van der Waals surface area contributed by atoms with E-state index in [0.29, 0.717) is 5.69 Å². The summed E-state index contributed by atoms with van der Waals surface area (Å²) in [6.07, 6.45) is 2.40. The highest BCUT2D eigenvalue weighted by Crippen LogP contribution is 2.16. The van der Waals surface area contributed by atoms with Crippen molar-refractivity contribution >= 4 is 12.1 Å². The summed E-state index contributed by atoms with van der Waals surface area (Å²) in [7, 11) is 0. The molecule has 1 atom stereocenters. The highest BCUT2D eigenvalue weighted by atomic mass is 16.6. The number of imidazole rings is 1. The Morgan fingerprint density at radius 2 is 2.15 bits per heavy atom. The molecule has 0 fully saturated rings. The van der Waals surface area contributed by atoms with Crippen molar-refractivity contribution in [2.45, 2.75) is 52.3 Å². The van der Waals surface area contributed by atoms with E-state index in [4.69, 9.17) is 9.84 Å². The van der Waals surface area contributed by atoms with Crippen LogP contribution in [0.3, 0.4) is 0 Å². The van der Waals surface area contributed by atoms with Crippen molar-refractivity contribution in [3.8, 4) is 0 Å². The van der Waals surface area contributed by atoms with E-state index >= 15 is 0 Å². The fourth-order valence-corrected chi connectivity index (χ4v) is 1.58. The Kier molecular flexibility index (Phi) is 5.12. The van der Waals surface area contributed by atoms with Crippen molar-refractivity contribution in [2.75, 3.05) is 0 Å². The minimum Gasteiger partial charge on any atom is -0.481 e. The molecule has 2 N–H and O–H groups in total. The zero-order chi connectivity index (χ0) is 15.3. The van der Waals surface area contributed by atoms with Crippen molar-refractivity contribution in [3.63, 3.8) is 0 Å². The standard InChI is InChI=1S/C13H21N3O4/c1-5-16-7-10(14-8-16)9(6-11(17)18)15-12(19)20-13(2,3)4/h7-9H,5-6H2,1-4H3,(H,15,19)(H,17,18)/t9-/m0/s1. The number of rotatable bonds is 5. The summed E-state index contributed by atoms with van der Waals surface area (Å²) in [5.41, 5.74) is -0.138. The molecule has 1 rings (SSSR count). The number of aliphatic carboxylic acids is 1. The lowest BCUT2D eigenvalue weighted by Crippen LogP contribution is -2.36. The molecular weight excluding hydrogens is 262 g/mol. The Hall–Kier alpha value is -2.05. The van der Waals surface area contributed by atoms with Gasteiger partial charge in [0.2, 0.25) is 0 Å². The fraction of sp³-hybridized carbons (Fsp3) is 0.615. The monoisotopic (exact) mass is 283 g/mol. The second kappa shape index (κ2) is 6.40. The third-order valence-electron chi connectivity index (χ3n) is 2.45. The lowest BCUT2D eigenvalue weighted by molar-refractivity contribution is -0.137. The van der Waals surface area contributed by atoms with Gasteiger partial charge in [-0.2, -0.15) is 0 Å². The second-order valence-corrected chi connectivity index (χ2v) is 5.43. The van der Waals surface area contributed by atoms with Crippen LogP contribution in [-0.4, -0.2) is 32.3 Å². The van der Waals surface area contributed by atoms with Gasteiger partial charge in [0.05, 0.1) is 24.5 Å². The zero-order valence-electron chi connectivity index (χ0n) is 12.2. The average molecular weight is 283 g/mol. The molecule has 1 aromatic rings. The number of aromatic nitrogens is 2. The molecule has 0 aliphatic rings. The van der Waals surface area contributed by atoms with Crippen molar-refractivity contribution in [3.05, 3.63) is 18.2 Å². The topological polar surface area (TPSA) is 93.5 Å². The SMILES string of the molecule is CCn1cnc([C@H](CC(=O)O)NC(=O)OC(C)(C)C)c1. The molecule has 0 unspecified atom stereocenters. The smallest absolute Gasteiger partial charge is 0.408 e. The van der Waals surface area contributed by atoms with Gasteiger partial charge in [0.1, 0.15) is 5.60 Å². The van der Waals surface area contributed by atoms with Crippen LogP contribution in [0.2, 0.25) is 0 Å².